The number of unbranched alkanes of at least 4 members (excludes halogenated alkanes) is 7. The maximum Gasteiger partial charge on any atom is 0.363 e. The number of esters is 1. The van der Waals surface area contributed by atoms with Gasteiger partial charge in [0.25, 0.3) is 0 Å². The minimum atomic E-state index is -0.460. The van der Waals surface area contributed by atoms with Crippen molar-refractivity contribution in [1.82, 2.24) is 0 Å². The summed E-state index contributed by atoms with van der Waals surface area (Å²) in [5.74, 6) is 1.38. The van der Waals surface area contributed by atoms with Gasteiger partial charge in [-0.2, -0.15) is 0 Å². The van der Waals surface area contributed by atoms with Crippen LogP contribution < -0.4 is 9.47 Å². The van der Waals surface area contributed by atoms with Crippen molar-refractivity contribution in [3.63, 3.8) is 0 Å². The average Bonchev–Trinajstić information content (AvgIpc) is 3.18. The van der Waals surface area contributed by atoms with Crippen LogP contribution in [0, 0.1) is 0 Å². The molecule has 0 unspecified atom stereocenters. The minimum Gasteiger partial charge on any atom is -0.497 e. The molecule has 0 atom stereocenters. The second-order valence-corrected chi connectivity index (χ2v) is 7.96. The number of hydrogen-bond donors (Lipinski definition) is 0. The van der Waals surface area contributed by atoms with Crippen LogP contribution in [0.15, 0.2) is 59.2 Å². The Bertz CT molecular complexity index is 931. The highest BCUT2D eigenvalue weighted by Gasteiger charge is 2.24. The molecular formula is C27H33NO4. The standard InChI is InChI=1S/C27H33NO4/c1-3-4-5-6-7-8-9-10-18-31-23-16-14-22(15-17-23)26-28-25(27(29)32-26)20-21-12-11-13-24(19-21)30-2/h11-17,19-20H,3-10,18H2,1-2H3. The number of carbonyl (C=O) groups is 1. The maximum atomic E-state index is 12.2. The second-order valence-electron chi connectivity index (χ2n) is 7.96. The monoisotopic (exact) mass is 435 g/mol. The van der Waals surface area contributed by atoms with Gasteiger partial charge >= 0.3 is 5.97 Å². The predicted octanol–water partition coefficient (Wildman–Crippen LogP) is 6.56. The molecule has 0 fully saturated rings. The molecule has 5 nitrogen and oxygen atoms in total. The first-order valence-corrected chi connectivity index (χ1v) is 11.6. The van der Waals surface area contributed by atoms with Crippen molar-refractivity contribution in [2.45, 2.75) is 58.3 Å². The lowest BCUT2D eigenvalue weighted by Crippen LogP contribution is -2.05. The lowest BCUT2D eigenvalue weighted by molar-refractivity contribution is -0.129. The van der Waals surface area contributed by atoms with Gasteiger partial charge in [0.15, 0.2) is 5.70 Å². The van der Waals surface area contributed by atoms with E-state index in [2.05, 4.69) is 11.9 Å². The summed E-state index contributed by atoms with van der Waals surface area (Å²) in [7, 11) is 1.61. The van der Waals surface area contributed by atoms with Crippen LogP contribution in [-0.4, -0.2) is 25.6 Å². The molecule has 1 aliphatic heterocycles. The lowest BCUT2D eigenvalue weighted by atomic mass is 10.1. The van der Waals surface area contributed by atoms with Gasteiger partial charge in [-0.25, -0.2) is 9.79 Å². The summed E-state index contributed by atoms with van der Waals surface area (Å²) < 4.78 is 16.4. The van der Waals surface area contributed by atoms with E-state index in [4.69, 9.17) is 14.2 Å². The van der Waals surface area contributed by atoms with E-state index in [0.717, 1.165) is 35.7 Å². The Balaban J connectivity index is 1.47. The summed E-state index contributed by atoms with van der Waals surface area (Å²) in [6, 6.07) is 14.9. The third-order valence-electron chi connectivity index (χ3n) is 5.39. The summed E-state index contributed by atoms with van der Waals surface area (Å²) in [6.45, 7) is 2.97. The highest BCUT2D eigenvalue weighted by molar-refractivity contribution is 6.12. The fraction of sp³-hybridized carbons (Fsp3) is 0.407. The lowest BCUT2D eigenvalue weighted by Gasteiger charge is -2.07. The molecule has 5 heteroatoms. The fourth-order valence-electron chi connectivity index (χ4n) is 3.54. The van der Waals surface area contributed by atoms with Crippen LogP contribution >= 0.6 is 0 Å². The summed E-state index contributed by atoms with van der Waals surface area (Å²) in [5, 5.41) is 0. The van der Waals surface area contributed by atoms with Gasteiger partial charge in [-0.1, -0.05) is 64.0 Å². The van der Waals surface area contributed by atoms with Crippen LogP contribution in [-0.2, 0) is 9.53 Å². The van der Waals surface area contributed by atoms with Crippen LogP contribution in [0.5, 0.6) is 11.5 Å². The predicted molar refractivity (Wildman–Crippen MR) is 128 cm³/mol. The molecule has 0 aromatic heterocycles. The Hall–Kier alpha value is -3.08. The van der Waals surface area contributed by atoms with Gasteiger partial charge in [0.2, 0.25) is 5.90 Å². The van der Waals surface area contributed by atoms with Gasteiger partial charge in [0, 0.05) is 5.56 Å². The van der Waals surface area contributed by atoms with Crippen LogP contribution in [0.3, 0.4) is 0 Å². The highest BCUT2D eigenvalue weighted by Crippen LogP contribution is 2.22. The molecule has 0 spiro atoms. The Morgan fingerprint density at radius 2 is 1.62 bits per heavy atom. The quantitative estimate of drug-likeness (QED) is 0.203. The molecule has 32 heavy (non-hydrogen) atoms. The molecule has 0 radical (unpaired) electrons. The third-order valence-corrected chi connectivity index (χ3v) is 5.39. The van der Waals surface area contributed by atoms with E-state index in [1.165, 1.54) is 44.9 Å². The van der Waals surface area contributed by atoms with Crippen LogP contribution in [0.4, 0.5) is 0 Å². The molecular weight excluding hydrogens is 402 g/mol. The van der Waals surface area contributed by atoms with E-state index in [9.17, 15) is 4.79 Å². The first-order chi connectivity index (χ1) is 15.7. The number of ether oxygens (including phenoxy) is 3. The SMILES string of the molecule is CCCCCCCCCCOc1ccc(C2=NC(=Cc3cccc(OC)c3)C(=O)O2)cc1. The molecule has 0 aliphatic carbocycles. The van der Waals surface area contributed by atoms with Gasteiger partial charge in [-0.05, 0) is 54.5 Å². The molecule has 1 aliphatic rings. The summed E-state index contributed by atoms with van der Waals surface area (Å²) >= 11 is 0. The van der Waals surface area contributed by atoms with Gasteiger partial charge in [-0.3, -0.25) is 0 Å². The van der Waals surface area contributed by atoms with E-state index in [1.54, 1.807) is 13.2 Å². The highest BCUT2D eigenvalue weighted by atomic mass is 16.6. The largest absolute Gasteiger partial charge is 0.497 e. The molecule has 0 N–H and O–H groups in total. The van der Waals surface area contributed by atoms with Crippen molar-refractivity contribution in [2.24, 2.45) is 4.99 Å². The molecule has 0 saturated carbocycles. The molecule has 0 amide bonds. The van der Waals surface area contributed by atoms with Gasteiger partial charge in [0.1, 0.15) is 11.5 Å². The van der Waals surface area contributed by atoms with E-state index < -0.39 is 5.97 Å². The number of nitrogens with zero attached hydrogens (tertiary/aromatic N) is 1. The number of benzene rings is 2. The van der Waals surface area contributed by atoms with Crippen molar-refractivity contribution in [3.8, 4) is 11.5 Å². The van der Waals surface area contributed by atoms with E-state index in [0.29, 0.717) is 5.90 Å². The van der Waals surface area contributed by atoms with E-state index in [-0.39, 0.29) is 5.70 Å². The van der Waals surface area contributed by atoms with Gasteiger partial charge in [-0.15, -0.1) is 0 Å². The van der Waals surface area contributed by atoms with E-state index >= 15 is 0 Å². The summed E-state index contributed by atoms with van der Waals surface area (Å²) in [6.07, 6.45) is 11.9. The Kier molecular flexibility index (Phi) is 9.36. The molecule has 2 aromatic carbocycles. The normalized spacial score (nSPS) is 14.4. The number of rotatable bonds is 13. The van der Waals surface area contributed by atoms with Crippen LogP contribution in [0.1, 0.15) is 69.4 Å². The van der Waals surface area contributed by atoms with Gasteiger partial charge in [0.05, 0.1) is 13.7 Å². The Morgan fingerprint density at radius 3 is 2.34 bits per heavy atom. The van der Waals surface area contributed by atoms with Crippen molar-refractivity contribution in [2.75, 3.05) is 13.7 Å². The zero-order chi connectivity index (χ0) is 22.6. The van der Waals surface area contributed by atoms with Crippen LogP contribution in [0.25, 0.3) is 6.08 Å². The number of cyclic esters (lactones) is 1. The summed E-state index contributed by atoms with van der Waals surface area (Å²) in [4.78, 5) is 16.6. The fourth-order valence-corrected chi connectivity index (χ4v) is 3.54. The number of methoxy groups -OCH3 is 1. The van der Waals surface area contributed by atoms with Gasteiger partial charge < -0.3 is 14.2 Å². The van der Waals surface area contributed by atoms with Crippen molar-refractivity contribution < 1.29 is 19.0 Å². The number of hydrogen-bond acceptors (Lipinski definition) is 5. The first kappa shape index (κ1) is 23.6. The Labute approximate surface area is 191 Å². The van der Waals surface area contributed by atoms with Crippen LogP contribution in [0.2, 0.25) is 0 Å². The molecule has 0 saturated heterocycles. The third kappa shape index (κ3) is 7.26. The smallest absolute Gasteiger partial charge is 0.363 e. The number of carbonyl (C=O) groups excluding carboxylic acids is 1. The van der Waals surface area contributed by atoms with Crippen molar-refractivity contribution in [1.29, 1.82) is 0 Å². The molecule has 3 rings (SSSR count). The first-order valence-electron chi connectivity index (χ1n) is 11.6. The minimum absolute atomic E-state index is 0.267. The zero-order valence-electron chi connectivity index (χ0n) is 19.1. The topological polar surface area (TPSA) is 57.1 Å². The summed E-state index contributed by atoms with van der Waals surface area (Å²) in [5.41, 5.74) is 1.83. The Morgan fingerprint density at radius 1 is 0.906 bits per heavy atom. The maximum absolute atomic E-state index is 12.2. The molecule has 0 bridgehead atoms. The van der Waals surface area contributed by atoms with Crippen molar-refractivity contribution >= 4 is 17.9 Å². The molecule has 2 aromatic rings. The average molecular weight is 436 g/mol. The second kappa shape index (κ2) is 12.7. The van der Waals surface area contributed by atoms with Crippen molar-refractivity contribution in [3.05, 3.63) is 65.4 Å². The molecule has 1 heterocycles. The van der Waals surface area contributed by atoms with E-state index in [1.807, 2.05) is 48.5 Å². The molecule has 170 valence electrons. The number of aliphatic imine (C=N–C) groups is 1. The zero-order valence-corrected chi connectivity index (χ0v) is 19.1.